The summed E-state index contributed by atoms with van der Waals surface area (Å²) in [7, 11) is 0. The number of hydrogen-bond donors (Lipinski definition) is 2. The van der Waals surface area contributed by atoms with Crippen LogP contribution in [0, 0.1) is 10.1 Å². The average molecular weight is 470 g/mol. The van der Waals surface area contributed by atoms with Crippen LogP contribution < -0.4 is 5.43 Å². The highest BCUT2D eigenvalue weighted by Gasteiger charge is 2.14. The van der Waals surface area contributed by atoms with Crippen LogP contribution >= 0.6 is 22.9 Å². The summed E-state index contributed by atoms with van der Waals surface area (Å²) in [6.45, 7) is 0. The first-order chi connectivity index (χ1) is 15.3. The molecule has 0 saturated heterocycles. The molecule has 2 N–H and O–H groups in total. The SMILES string of the molecule is O=C(NN=Cc1ccc(-c2ccc(C(=O)O)c(Cl)c2)o1)c1cc2cc([N+](=O)[O-])ccc2s1. The van der Waals surface area contributed by atoms with Gasteiger partial charge in [-0.2, -0.15) is 5.10 Å². The number of amides is 1. The van der Waals surface area contributed by atoms with Crippen LogP contribution in [-0.2, 0) is 0 Å². The first-order valence-corrected chi connectivity index (χ1v) is 10.2. The van der Waals surface area contributed by atoms with Gasteiger partial charge in [0.15, 0.2) is 0 Å². The Balaban J connectivity index is 1.44. The minimum atomic E-state index is -1.12. The molecule has 4 aromatic rings. The van der Waals surface area contributed by atoms with Gasteiger partial charge in [0.1, 0.15) is 11.5 Å². The third-order valence-electron chi connectivity index (χ3n) is 4.40. The number of furan rings is 1. The van der Waals surface area contributed by atoms with Crippen LogP contribution in [0.1, 0.15) is 25.8 Å². The lowest BCUT2D eigenvalue weighted by Gasteiger charge is -2.01. The molecule has 9 nitrogen and oxygen atoms in total. The summed E-state index contributed by atoms with van der Waals surface area (Å²) >= 11 is 7.17. The van der Waals surface area contributed by atoms with Crippen molar-refractivity contribution in [2.24, 2.45) is 5.10 Å². The van der Waals surface area contributed by atoms with Gasteiger partial charge in [-0.1, -0.05) is 17.7 Å². The van der Waals surface area contributed by atoms with Crippen molar-refractivity contribution in [3.05, 3.63) is 85.9 Å². The molecule has 0 atom stereocenters. The number of hydrazone groups is 1. The van der Waals surface area contributed by atoms with Crippen LogP contribution in [0.15, 0.2) is 64.1 Å². The number of rotatable bonds is 6. The van der Waals surface area contributed by atoms with Gasteiger partial charge in [0.25, 0.3) is 11.6 Å². The molecule has 0 unspecified atom stereocenters. The molecule has 0 bridgehead atoms. The quantitative estimate of drug-likeness (QED) is 0.227. The number of aromatic carboxylic acids is 1. The lowest BCUT2D eigenvalue weighted by atomic mass is 10.1. The van der Waals surface area contributed by atoms with Gasteiger partial charge in [0, 0.05) is 27.8 Å². The fourth-order valence-corrected chi connectivity index (χ4v) is 4.08. The number of nitro benzene ring substituents is 1. The molecule has 2 heterocycles. The van der Waals surface area contributed by atoms with E-state index in [9.17, 15) is 19.7 Å². The van der Waals surface area contributed by atoms with E-state index >= 15 is 0 Å². The number of nitro groups is 1. The van der Waals surface area contributed by atoms with Crippen LogP contribution in [0.2, 0.25) is 5.02 Å². The third kappa shape index (κ3) is 4.36. The third-order valence-corrected chi connectivity index (χ3v) is 5.83. The molecular formula is C21H12ClN3O6S. The molecule has 0 aliphatic heterocycles. The van der Waals surface area contributed by atoms with Crippen LogP contribution in [0.3, 0.4) is 0 Å². The molecule has 160 valence electrons. The normalized spacial score (nSPS) is 11.2. The molecule has 0 aliphatic rings. The number of nitrogens with zero attached hydrogens (tertiary/aromatic N) is 2. The largest absolute Gasteiger partial charge is 0.478 e. The molecule has 1 amide bonds. The standard InChI is InChI=1S/C21H12ClN3O6S/c22-16-8-11(1-4-15(16)21(27)28)17-5-3-14(31-17)10-23-24-20(26)19-9-12-7-13(25(29)30)2-6-18(12)32-19/h1-10H,(H,24,26)(H,27,28). The monoisotopic (exact) mass is 469 g/mol. The number of fused-ring (bicyclic) bond motifs is 1. The lowest BCUT2D eigenvalue weighted by molar-refractivity contribution is -0.384. The van der Waals surface area contributed by atoms with Gasteiger partial charge in [-0.15, -0.1) is 11.3 Å². The zero-order valence-corrected chi connectivity index (χ0v) is 17.5. The Morgan fingerprint density at radius 3 is 2.69 bits per heavy atom. The Hall–Kier alpha value is -4.02. The highest BCUT2D eigenvalue weighted by Crippen LogP contribution is 2.29. The summed E-state index contributed by atoms with van der Waals surface area (Å²) in [5.41, 5.74) is 2.91. The van der Waals surface area contributed by atoms with E-state index in [1.54, 1.807) is 30.3 Å². The molecule has 0 fully saturated rings. The zero-order valence-electron chi connectivity index (χ0n) is 15.9. The fraction of sp³-hybridized carbons (Fsp3) is 0. The second-order valence-electron chi connectivity index (χ2n) is 6.49. The summed E-state index contributed by atoms with van der Waals surface area (Å²) in [6.07, 6.45) is 1.31. The van der Waals surface area contributed by atoms with Gasteiger partial charge in [-0.3, -0.25) is 14.9 Å². The van der Waals surface area contributed by atoms with Crippen molar-refractivity contribution < 1.29 is 24.0 Å². The maximum Gasteiger partial charge on any atom is 0.337 e. The Labute approximate surface area is 188 Å². The molecule has 0 saturated carbocycles. The number of hydrogen-bond acceptors (Lipinski definition) is 7. The number of nitrogens with one attached hydrogen (secondary N) is 1. The van der Waals surface area contributed by atoms with E-state index in [2.05, 4.69) is 10.5 Å². The minimum absolute atomic E-state index is 0.0117. The van der Waals surface area contributed by atoms with E-state index in [-0.39, 0.29) is 16.3 Å². The van der Waals surface area contributed by atoms with E-state index in [1.165, 1.54) is 41.8 Å². The minimum Gasteiger partial charge on any atom is -0.478 e. The van der Waals surface area contributed by atoms with Gasteiger partial charge < -0.3 is 9.52 Å². The molecule has 0 spiro atoms. The highest BCUT2D eigenvalue weighted by atomic mass is 35.5. The van der Waals surface area contributed by atoms with E-state index in [4.69, 9.17) is 21.1 Å². The van der Waals surface area contributed by atoms with E-state index in [1.807, 2.05) is 0 Å². The second-order valence-corrected chi connectivity index (χ2v) is 7.98. The highest BCUT2D eigenvalue weighted by molar-refractivity contribution is 7.20. The molecule has 11 heteroatoms. The zero-order chi connectivity index (χ0) is 22.8. The maximum atomic E-state index is 12.3. The number of carboxylic acid groups (broad SMARTS) is 1. The lowest BCUT2D eigenvalue weighted by Crippen LogP contribution is -2.15. The molecule has 2 aromatic heterocycles. The molecule has 0 radical (unpaired) electrons. The smallest absolute Gasteiger partial charge is 0.337 e. The molecule has 0 aliphatic carbocycles. The number of carboxylic acids is 1. The van der Waals surface area contributed by atoms with Gasteiger partial charge in [0.05, 0.1) is 26.6 Å². The Morgan fingerprint density at radius 2 is 1.97 bits per heavy atom. The van der Waals surface area contributed by atoms with Crippen LogP contribution in [0.5, 0.6) is 0 Å². The average Bonchev–Trinajstić information content (AvgIpc) is 3.39. The van der Waals surface area contributed by atoms with Gasteiger partial charge in [-0.25, -0.2) is 10.2 Å². The van der Waals surface area contributed by atoms with Crippen LogP contribution in [-0.4, -0.2) is 28.1 Å². The van der Waals surface area contributed by atoms with Crippen molar-refractivity contribution in [1.29, 1.82) is 0 Å². The first kappa shape index (κ1) is 21.2. The maximum absolute atomic E-state index is 12.3. The van der Waals surface area contributed by atoms with Crippen LogP contribution in [0.25, 0.3) is 21.4 Å². The van der Waals surface area contributed by atoms with Crippen molar-refractivity contribution in [2.75, 3.05) is 0 Å². The molecule has 2 aromatic carbocycles. The van der Waals surface area contributed by atoms with E-state index in [0.717, 1.165) is 4.70 Å². The van der Waals surface area contributed by atoms with Crippen molar-refractivity contribution in [1.82, 2.24) is 5.43 Å². The second kappa shape index (κ2) is 8.61. The van der Waals surface area contributed by atoms with Crippen LogP contribution in [0.4, 0.5) is 5.69 Å². The number of carbonyl (C=O) groups is 2. The molecule has 4 rings (SSSR count). The van der Waals surface area contributed by atoms with Gasteiger partial charge >= 0.3 is 5.97 Å². The molecule has 32 heavy (non-hydrogen) atoms. The summed E-state index contributed by atoms with van der Waals surface area (Å²) in [5.74, 6) is -0.789. The van der Waals surface area contributed by atoms with Crippen molar-refractivity contribution in [3.8, 4) is 11.3 Å². The van der Waals surface area contributed by atoms with E-state index < -0.39 is 16.8 Å². The number of halogens is 1. The number of non-ortho nitro benzene ring substituents is 1. The fourth-order valence-electron chi connectivity index (χ4n) is 2.89. The topological polar surface area (TPSA) is 135 Å². The number of thiophene rings is 1. The van der Waals surface area contributed by atoms with Gasteiger partial charge in [-0.05, 0) is 36.4 Å². The Bertz CT molecular complexity index is 1410. The Morgan fingerprint density at radius 1 is 1.16 bits per heavy atom. The van der Waals surface area contributed by atoms with Gasteiger partial charge in [0.2, 0.25) is 0 Å². The Kier molecular flexibility index (Phi) is 5.71. The number of benzene rings is 2. The number of carbonyl (C=O) groups excluding carboxylic acids is 1. The summed E-state index contributed by atoms with van der Waals surface area (Å²) < 4.78 is 6.37. The predicted octanol–water partition coefficient (Wildman–Crippen LogP) is 5.19. The molecular weight excluding hydrogens is 458 g/mol. The summed E-state index contributed by atoms with van der Waals surface area (Å²) in [5, 5.41) is 24.5. The van der Waals surface area contributed by atoms with Crippen molar-refractivity contribution >= 4 is 56.8 Å². The van der Waals surface area contributed by atoms with E-state index in [0.29, 0.717) is 27.3 Å². The summed E-state index contributed by atoms with van der Waals surface area (Å²) in [6, 6.07) is 13.7. The predicted molar refractivity (Wildman–Crippen MR) is 120 cm³/mol. The van der Waals surface area contributed by atoms with Crippen molar-refractivity contribution in [3.63, 3.8) is 0 Å². The van der Waals surface area contributed by atoms with Crippen molar-refractivity contribution in [2.45, 2.75) is 0 Å². The first-order valence-electron chi connectivity index (χ1n) is 8.96. The summed E-state index contributed by atoms with van der Waals surface area (Å²) in [4.78, 5) is 34.1.